The SMILES string of the molecule is CCN(CC)CCCNC(=NC)NCCCOCc1ccco1. The van der Waals surface area contributed by atoms with Gasteiger partial charge in [-0.1, -0.05) is 13.8 Å². The van der Waals surface area contributed by atoms with Crippen LogP contribution < -0.4 is 10.6 Å². The van der Waals surface area contributed by atoms with Crippen molar-refractivity contribution in [3.8, 4) is 0 Å². The van der Waals surface area contributed by atoms with Crippen LogP contribution in [0.3, 0.4) is 0 Å². The molecule has 0 atom stereocenters. The zero-order chi connectivity index (χ0) is 16.8. The maximum Gasteiger partial charge on any atom is 0.190 e. The highest BCUT2D eigenvalue weighted by atomic mass is 16.5. The molecular formula is C17H32N4O2. The maximum atomic E-state index is 5.54. The number of aliphatic imine (C=N–C) groups is 1. The van der Waals surface area contributed by atoms with Crippen molar-refractivity contribution < 1.29 is 9.15 Å². The van der Waals surface area contributed by atoms with Gasteiger partial charge < -0.3 is 24.7 Å². The van der Waals surface area contributed by atoms with Gasteiger partial charge in [0, 0.05) is 26.7 Å². The lowest BCUT2D eigenvalue weighted by Gasteiger charge is -2.18. The van der Waals surface area contributed by atoms with Gasteiger partial charge in [-0.2, -0.15) is 0 Å². The van der Waals surface area contributed by atoms with E-state index in [2.05, 4.69) is 34.4 Å². The Bertz CT molecular complexity index is 403. The third-order valence-electron chi connectivity index (χ3n) is 3.64. The van der Waals surface area contributed by atoms with E-state index in [1.807, 2.05) is 12.1 Å². The second-order valence-electron chi connectivity index (χ2n) is 5.29. The quantitative estimate of drug-likeness (QED) is 0.350. The summed E-state index contributed by atoms with van der Waals surface area (Å²) in [5, 5.41) is 6.64. The molecule has 0 amide bonds. The lowest BCUT2D eigenvalue weighted by molar-refractivity contribution is 0.105. The molecule has 0 saturated carbocycles. The molecule has 2 N–H and O–H groups in total. The first-order valence-corrected chi connectivity index (χ1v) is 8.57. The number of nitrogens with one attached hydrogen (secondary N) is 2. The van der Waals surface area contributed by atoms with Gasteiger partial charge in [-0.3, -0.25) is 4.99 Å². The number of rotatable bonds is 12. The summed E-state index contributed by atoms with van der Waals surface area (Å²) >= 11 is 0. The Morgan fingerprint density at radius 1 is 1.22 bits per heavy atom. The molecule has 0 aliphatic rings. The van der Waals surface area contributed by atoms with Crippen molar-refractivity contribution in [2.75, 3.05) is 46.4 Å². The van der Waals surface area contributed by atoms with Gasteiger partial charge in [-0.25, -0.2) is 0 Å². The van der Waals surface area contributed by atoms with Crippen molar-refractivity contribution in [2.45, 2.75) is 33.3 Å². The molecule has 23 heavy (non-hydrogen) atoms. The Kier molecular flexibility index (Phi) is 11.0. The Morgan fingerprint density at radius 2 is 1.96 bits per heavy atom. The van der Waals surface area contributed by atoms with E-state index in [0.29, 0.717) is 13.2 Å². The van der Waals surface area contributed by atoms with Crippen LogP contribution in [0.5, 0.6) is 0 Å². The van der Waals surface area contributed by atoms with Crippen LogP contribution in [0.4, 0.5) is 0 Å². The number of hydrogen-bond donors (Lipinski definition) is 2. The summed E-state index contributed by atoms with van der Waals surface area (Å²) in [5.74, 6) is 1.72. The molecule has 6 nitrogen and oxygen atoms in total. The second kappa shape index (κ2) is 13.0. The minimum absolute atomic E-state index is 0.533. The molecule has 132 valence electrons. The number of nitrogens with zero attached hydrogens (tertiary/aromatic N) is 2. The number of hydrogen-bond acceptors (Lipinski definition) is 4. The van der Waals surface area contributed by atoms with Crippen molar-refractivity contribution >= 4 is 5.96 Å². The minimum atomic E-state index is 0.533. The topological polar surface area (TPSA) is 62.0 Å². The van der Waals surface area contributed by atoms with Crippen LogP contribution in [0, 0.1) is 0 Å². The van der Waals surface area contributed by atoms with E-state index >= 15 is 0 Å². The first-order chi connectivity index (χ1) is 11.3. The van der Waals surface area contributed by atoms with E-state index in [0.717, 1.165) is 57.3 Å². The summed E-state index contributed by atoms with van der Waals surface area (Å²) in [7, 11) is 1.80. The van der Waals surface area contributed by atoms with Crippen LogP contribution in [-0.2, 0) is 11.3 Å². The zero-order valence-corrected chi connectivity index (χ0v) is 14.8. The highest BCUT2D eigenvalue weighted by molar-refractivity contribution is 5.79. The number of ether oxygens (including phenoxy) is 1. The fraction of sp³-hybridized carbons (Fsp3) is 0.706. The van der Waals surface area contributed by atoms with Crippen LogP contribution in [0.25, 0.3) is 0 Å². The van der Waals surface area contributed by atoms with Crippen molar-refractivity contribution in [3.05, 3.63) is 24.2 Å². The molecule has 1 aromatic rings. The predicted octanol–water partition coefficient (Wildman–Crippen LogP) is 2.08. The zero-order valence-electron chi connectivity index (χ0n) is 14.8. The van der Waals surface area contributed by atoms with E-state index in [4.69, 9.17) is 9.15 Å². The van der Waals surface area contributed by atoms with Crippen molar-refractivity contribution in [1.29, 1.82) is 0 Å². The standard InChI is InChI=1S/C17H32N4O2/c1-4-21(5-2)12-7-10-19-17(18-3)20-11-8-13-22-15-16-9-6-14-23-16/h6,9,14H,4-5,7-8,10-13,15H2,1-3H3,(H2,18,19,20). The van der Waals surface area contributed by atoms with Crippen molar-refractivity contribution in [3.63, 3.8) is 0 Å². The first-order valence-electron chi connectivity index (χ1n) is 8.57. The molecule has 1 heterocycles. The molecule has 0 bridgehead atoms. The highest BCUT2D eigenvalue weighted by Gasteiger charge is 2.00. The van der Waals surface area contributed by atoms with Gasteiger partial charge in [0.05, 0.1) is 6.26 Å². The summed E-state index contributed by atoms with van der Waals surface area (Å²) in [4.78, 5) is 6.65. The molecule has 0 aromatic carbocycles. The summed E-state index contributed by atoms with van der Waals surface area (Å²) in [5.41, 5.74) is 0. The van der Waals surface area contributed by atoms with Gasteiger partial charge in [0.25, 0.3) is 0 Å². The normalized spacial score (nSPS) is 11.9. The Hall–Kier alpha value is -1.53. The summed E-state index contributed by atoms with van der Waals surface area (Å²) in [6.45, 7) is 10.8. The summed E-state index contributed by atoms with van der Waals surface area (Å²) in [6.07, 6.45) is 3.71. The number of furan rings is 1. The lowest BCUT2D eigenvalue weighted by atomic mass is 10.3. The van der Waals surface area contributed by atoms with Gasteiger partial charge in [0.2, 0.25) is 0 Å². The van der Waals surface area contributed by atoms with Crippen molar-refractivity contribution in [1.82, 2.24) is 15.5 Å². The van der Waals surface area contributed by atoms with Gasteiger partial charge in [-0.15, -0.1) is 0 Å². The van der Waals surface area contributed by atoms with Crippen LogP contribution in [0.15, 0.2) is 27.8 Å². The third-order valence-corrected chi connectivity index (χ3v) is 3.64. The molecule has 1 aromatic heterocycles. The monoisotopic (exact) mass is 324 g/mol. The van der Waals surface area contributed by atoms with E-state index in [9.17, 15) is 0 Å². The maximum absolute atomic E-state index is 5.54. The smallest absolute Gasteiger partial charge is 0.190 e. The average Bonchev–Trinajstić information content (AvgIpc) is 3.09. The fourth-order valence-electron chi connectivity index (χ4n) is 2.22. The Balaban J connectivity index is 1.99. The summed E-state index contributed by atoms with van der Waals surface area (Å²) in [6, 6.07) is 3.79. The van der Waals surface area contributed by atoms with Gasteiger partial charge >= 0.3 is 0 Å². The van der Waals surface area contributed by atoms with Gasteiger partial charge in [0.1, 0.15) is 12.4 Å². The molecule has 0 saturated heterocycles. The Labute approximate surface area is 140 Å². The minimum Gasteiger partial charge on any atom is -0.467 e. The van der Waals surface area contributed by atoms with Crippen LogP contribution in [-0.4, -0.2) is 57.2 Å². The Morgan fingerprint density at radius 3 is 2.57 bits per heavy atom. The van der Waals surface area contributed by atoms with Crippen LogP contribution in [0.1, 0.15) is 32.4 Å². The highest BCUT2D eigenvalue weighted by Crippen LogP contribution is 2.01. The number of guanidine groups is 1. The second-order valence-corrected chi connectivity index (χ2v) is 5.29. The largest absolute Gasteiger partial charge is 0.467 e. The molecule has 6 heteroatoms. The average molecular weight is 324 g/mol. The molecule has 0 aliphatic heterocycles. The molecule has 0 radical (unpaired) electrons. The third kappa shape index (κ3) is 9.25. The predicted molar refractivity (Wildman–Crippen MR) is 94.8 cm³/mol. The van der Waals surface area contributed by atoms with Gasteiger partial charge in [0.15, 0.2) is 5.96 Å². The van der Waals surface area contributed by atoms with Crippen molar-refractivity contribution in [2.24, 2.45) is 4.99 Å². The molecule has 0 aliphatic carbocycles. The van der Waals surface area contributed by atoms with E-state index < -0.39 is 0 Å². The fourth-order valence-corrected chi connectivity index (χ4v) is 2.22. The molecule has 0 fully saturated rings. The van der Waals surface area contributed by atoms with E-state index in [1.165, 1.54) is 0 Å². The van der Waals surface area contributed by atoms with Crippen LogP contribution >= 0.6 is 0 Å². The molecule has 0 spiro atoms. The lowest BCUT2D eigenvalue weighted by Crippen LogP contribution is -2.39. The van der Waals surface area contributed by atoms with E-state index in [-0.39, 0.29) is 0 Å². The van der Waals surface area contributed by atoms with Crippen LogP contribution in [0.2, 0.25) is 0 Å². The molecule has 0 unspecified atom stereocenters. The molecular weight excluding hydrogens is 292 g/mol. The summed E-state index contributed by atoms with van der Waals surface area (Å²) < 4.78 is 10.8. The van der Waals surface area contributed by atoms with Gasteiger partial charge in [-0.05, 0) is 44.6 Å². The van der Waals surface area contributed by atoms with E-state index in [1.54, 1.807) is 13.3 Å². The first kappa shape index (κ1) is 19.5. The molecule has 1 rings (SSSR count).